The standard InChI is InChI=1S/C15H16FN3O/c1-9-3-4-10(16)7-13(9)19-14-8-11(17)5-6-12(14)15(20)18-2/h3-8,19H,17H2,1-2H3,(H,18,20). The Kier molecular flexibility index (Phi) is 3.89. The van der Waals surface area contributed by atoms with Gasteiger partial charge in [-0.25, -0.2) is 4.39 Å². The van der Waals surface area contributed by atoms with E-state index in [0.29, 0.717) is 22.6 Å². The van der Waals surface area contributed by atoms with Crippen LogP contribution in [0.15, 0.2) is 36.4 Å². The van der Waals surface area contributed by atoms with E-state index in [-0.39, 0.29) is 11.7 Å². The molecule has 2 aromatic carbocycles. The Bertz CT molecular complexity index is 656. The number of nitrogen functional groups attached to an aromatic ring is 1. The lowest BCUT2D eigenvalue weighted by Gasteiger charge is -2.14. The van der Waals surface area contributed by atoms with Gasteiger partial charge in [0.2, 0.25) is 0 Å². The van der Waals surface area contributed by atoms with Crippen LogP contribution in [0, 0.1) is 12.7 Å². The quantitative estimate of drug-likeness (QED) is 0.753. The summed E-state index contributed by atoms with van der Waals surface area (Å²) in [6.45, 7) is 1.85. The van der Waals surface area contributed by atoms with Crippen LogP contribution < -0.4 is 16.4 Å². The molecule has 2 rings (SSSR count). The van der Waals surface area contributed by atoms with Crippen LogP contribution >= 0.6 is 0 Å². The van der Waals surface area contributed by atoms with Crippen molar-refractivity contribution in [1.29, 1.82) is 0 Å². The van der Waals surface area contributed by atoms with Gasteiger partial charge in [-0.05, 0) is 42.8 Å². The van der Waals surface area contributed by atoms with Crippen LogP contribution in [-0.4, -0.2) is 13.0 Å². The van der Waals surface area contributed by atoms with E-state index in [1.807, 2.05) is 6.92 Å². The van der Waals surface area contributed by atoms with E-state index < -0.39 is 0 Å². The molecule has 0 fully saturated rings. The molecule has 0 saturated carbocycles. The fourth-order valence-electron chi connectivity index (χ4n) is 1.87. The number of carbonyl (C=O) groups is 1. The summed E-state index contributed by atoms with van der Waals surface area (Å²) in [5.41, 5.74) is 8.73. The number of hydrogen-bond donors (Lipinski definition) is 3. The first-order chi connectivity index (χ1) is 9.51. The molecule has 0 heterocycles. The third-order valence-electron chi connectivity index (χ3n) is 2.98. The molecule has 4 nitrogen and oxygen atoms in total. The van der Waals surface area contributed by atoms with Gasteiger partial charge in [-0.15, -0.1) is 0 Å². The highest BCUT2D eigenvalue weighted by molar-refractivity contribution is 6.00. The monoisotopic (exact) mass is 273 g/mol. The highest BCUT2D eigenvalue weighted by Gasteiger charge is 2.11. The van der Waals surface area contributed by atoms with Crippen LogP contribution in [0.25, 0.3) is 0 Å². The lowest BCUT2D eigenvalue weighted by molar-refractivity contribution is 0.0964. The van der Waals surface area contributed by atoms with Gasteiger partial charge in [-0.3, -0.25) is 4.79 Å². The van der Waals surface area contributed by atoms with Crippen LogP contribution in [0.5, 0.6) is 0 Å². The predicted molar refractivity (Wildman–Crippen MR) is 78.7 cm³/mol. The van der Waals surface area contributed by atoms with Gasteiger partial charge in [0, 0.05) is 18.4 Å². The average Bonchev–Trinajstić information content (AvgIpc) is 2.42. The van der Waals surface area contributed by atoms with Crippen LogP contribution in [-0.2, 0) is 0 Å². The normalized spacial score (nSPS) is 10.2. The van der Waals surface area contributed by atoms with Gasteiger partial charge >= 0.3 is 0 Å². The van der Waals surface area contributed by atoms with Crippen molar-refractivity contribution in [2.45, 2.75) is 6.92 Å². The van der Waals surface area contributed by atoms with E-state index in [2.05, 4.69) is 10.6 Å². The van der Waals surface area contributed by atoms with Crippen LogP contribution in [0.3, 0.4) is 0 Å². The highest BCUT2D eigenvalue weighted by Crippen LogP contribution is 2.26. The van der Waals surface area contributed by atoms with Gasteiger partial charge in [0.1, 0.15) is 5.82 Å². The minimum absolute atomic E-state index is 0.235. The van der Waals surface area contributed by atoms with Gasteiger partial charge in [-0.1, -0.05) is 6.07 Å². The number of amides is 1. The van der Waals surface area contributed by atoms with Crippen LogP contribution in [0.1, 0.15) is 15.9 Å². The minimum Gasteiger partial charge on any atom is -0.399 e. The average molecular weight is 273 g/mol. The van der Waals surface area contributed by atoms with E-state index in [0.717, 1.165) is 5.56 Å². The van der Waals surface area contributed by atoms with E-state index in [1.165, 1.54) is 12.1 Å². The first-order valence-electron chi connectivity index (χ1n) is 6.16. The highest BCUT2D eigenvalue weighted by atomic mass is 19.1. The molecule has 0 aliphatic heterocycles. The van der Waals surface area contributed by atoms with Crippen molar-refractivity contribution in [1.82, 2.24) is 5.32 Å². The maximum Gasteiger partial charge on any atom is 0.253 e. The first kappa shape index (κ1) is 13.9. The SMILES string of the molecule is CNC(=O)c1ccc(N)cc1Nc1cc(F)ccc1C. The number of aryl methyl sites for hydroxylation is 1. The largest absolute Gasteiger partial charge is 0.399 e. The van der Waals surface area contributed by atoms with Crippen molar-refractivity contribution >= 4 is 23.0 Å². The van der Waals surface area contributed by atoms with E-state index in [1.54, 1.807) is 31.3 Å². The number of halogens is 1. The summed E-state index contributed by atoms with van der Waals surface area (Å²) in [5, 5.41) is 5.62. The summed E-state index contributed by atoms with van der Waals surface area (Å²) in [4.78, 5) is 11.8. The number of rotatable bonds is 3. The zero-order valence-corrected chi connectivity index (χ0v) is 11.3. The van der Waals surface area contributed by atoms with Gasteiger partial charge in [0.15, 0.2) is 0 Å². The molecule has 104 valence electrons. The zero-order chi connectivity index (χ0) is 14.7. The molecule has 2 aromatic rings. The molecule has 0 bridgehead atoms. The van der Waals surface area contributed by atoms with Crippen molar-refractivity contribution < 1.29 is 9.18 Å². The van der Waals surface area contributed by atoms with Crippen molar-refractivity contribution in [2.24, 2.45) is 0 Å². The first-order valence-corrected chi connectivity index (χ1v) is 6.16. The topological polar surface area (TPSA) is 67.2 Å². The summed E-state index contributed by atoms with van der Waals surface area (Å²) >= 11 is 0. The molecule has 0 spiro atoms. The Labute approximate surface area is 116 Å². The molecule has 0 aromatic heterocycles. The molecule has 0 aliphatic carbocycles. The van der Waals surface area contributed by atoms with E-state index in [4.69, 9.17) is 5.73 Å². The summed E-state index contributed by atoms with van der Waals surface area (Å²) < 4.78 is 13.3. The maximum atomic E-state index is 13.3. The molecule has 4 N–H and O–H groups in total. The molecule has 0 radical (unpaired) electrons. The van der Waals surface area contributed by atoms with Crippen molar-refractivity contribution in [3.8, 4) is 0 Å². The molecule has 0 saturated heterocycles. The van der Waals surface area contributed by atoms with Crippen molar-refractivity contribution in [3.63, 3.8) is 0 Å². The third kappa shape index (κ3) is 2.88. The molecule has 0 unspecified atom stereocenters. The van der Waals surface area contributed by atoms with E-state index in [9.17, 15) is 9.18 Å². The van der Waals surface area contributed by atoms with Gasteiger partial charge in [-0.2, -0.15) is 0 Å². The Morgan fingerprint density at radius 2 is 1.90 bits per heavy atom. The Morgan fingerprint density at radius 3 is 2.60 bits per heavy atom. The lowest BCUT2D eigenvalue weighted by Crippen LogP contribution is -2.19. The number of hydrogen-bond acceptors (Lipinski definition) is 3. The molecule has 20 heavy (non-hydrogen) atoms. The lowest BCUT2D eigenvalue weighted by atomic mass is 10.1. The van der Waals surface area contributed by atoms with Gasteiger partial charge < -0.3 is 16.4 Å². The Hall–Kier alpha value is -2.56. The zero-order valence-electron chi connectivity index (χ0n) is 11.3. The number of carbonyl (C=O) groups excluding carboxylic acids is 1. The summed E-state index contributed by atoms with van der Waals surface area (Å²) in [6, 6.07) is 9.36. The van der Waals surface area contributed by atoms with Crippen LogP contribution in [0.4, 0.5) is 21.5 Å². The Balaban J connectivity index is 2.44. The van der Waals surface area contributed by atoms with Gasteiger partial charge in [0.25, 0.3) is 5.91 Å². The molecule has 5 heteroatoms. The third-order valence-corrected chi connectivity index (χ3v) is 2.98. The smallest absolute Gasteiger partial charge is 0.253 e. The summed E-state index contributed by atoms with van der Waals surface area (Å²) in [6.07, 6.45) is 0. The van der Waals surface area contributed by atoms with Crippen molar-refractivity contribution in [2.75, 3.05) is 18.1 Å². The van der Waals surface area contributed by atoms with Crippen molar-refractivity contribution in [3.05, 3.63) is 53.3 Å². The maximum absolute atomic E-state index is 13.3. The number of benzene rings is 2. The number of nitrogens with one attached hydrogen (secondary N) is 2. The summed E-state index contributed by atoms with van der Waals surface area (Å²) in [5.74, 6) is -0.579. The van der Waals surface area contributed by atoms with E-state index >= 15 is 0 Å². The molecule has 0 atom stereocenters. The summed E-state index contributed by atoms with van der Waals surface area (Å²) in [7, 11) is 1.55. The second-order valence-electron chi connectivity index (χ2n) is 4.47. The molecule has 0 aliphatic rings. The van der Waals surface area contributed by atoms with Crippen LogP contribution in [0.2, 0.25) is 0 Å². The number of nitrogens with two attached hydrogens (primary N) is 1. The Morgan fingerprint density at radius 1 is 1.15 bits per heavy atom. The second-order valence-corrected chi connectivity index (χ2v) is 4.47. The fourth-order valence-corrected chi connectivity index (χ4v) is 1.87. The fraction of sp³-hybridized carbons (Fsp3) is 0.133. The molecule has 1 amide bonds. The number of anilines is 3. The second kappa shape index (κ2) is 5.61. The molecular weight excluding hydrogens is 257 g/mol. The predicted octanol–water partition coefficient (Wildman–Crippen LogP) is 2.82. The van der Waals surface area contributed by atoms with Gasteiger partial charge in [0.05, 0.1) is 11.3 Å². The molecular formula is C15H16FN3O. The minimum atomic E-state index is -0.344.